The molecule has 144 valence electrons. The molecule has 1 saturated carbocycles. The first-order chi connectivity index (χ1) is 12.8. The Balaban J connectivity index is 1.70. The number of halogens is 4. The number of morpholine rings is 1. The van der Waals surface area contributed by atoms with Crippen LogP contribution in [0.3, 0.4) is 0 Å². The minimum atomic E-state index is -4.86. The van der Waals surface area contributed by atoms with Gasteiger partial charge in [0.2, 0.25) is 0 Å². The standard InChI is InChI=1S/C17H16F4N4O2/c18-11-2-4-12(5-3-11)25-14(17(19,20)21)13(22-23-25)15(26)24-8-9-27-16(10-24)6-1-7-16/h2-5H,1,6-10H2. The van der Waals surface area contributed by atoms with Gasteiger partial charge < -0.3 is 9.64 Å². The highest BCUT2D eigenvalue weighted by atomic mass is 19.4. The van der Waals surface area contributed by atoms with Gasteiger partial charge in [-0.2, -0.15) is 13.2 Å². The van der Waals surface area contributed by atoms with Crippen molar-refractivity contribution < 1.29 is 27.1 Å². The van der Waals surface area contributed by atoms with Crippen LogP contribution in [0.4, 0.5) is 17.6 Å². The quantitative estimate of drug-likeness (QED) is 0.748. The van der Waals surface area contributed by atoms with Crippen molar-refractivity contribution in [3.63, 3.8) is 0 Å². The van der Waals surface area contributed by atoms with E-state index in [1.54, 1.807) is 0 Å². The van der Waals surface area contributed by atoms with Gasteiger partial charge in [0.15, 0.2) is 11.4 Å². The van der Waals surface area contributed by atoms with Gasteiger partial charge in [-0.3, -0.25) is 4.79 Å². The number of carbonyl (C=O) groups is 1. The maximum Gasteiger partial charge on any atom is 0.435 e. The second-order valence-electron chi connectivity index (χ2n) is 6.78. The van der Waals surface area contributed by atoms with E-state index in [1.165, 1.54) is 4.90 Å². The van der Waals surface area contributed by atoms with Gasteiger partial charge in [0.1, 0.15) is 5.82 Å². The summed E-state index contributed by atoms with van der Waals surface area (Å²) in [7, 11) is 0. The van der Waals surface area contributed by atoms with Gasteiger partial charge in [0.25, 0.3) is 5.91 Å². The SMILES string of the molecule is O=C(c1nnn(-c2ccc(F)cc2)c1C(F)(F)F)N1CCOC2(CCC2)C1. The van der Waals surface area contributed by atoms with Crippen LogP contribution in [0.5, 0.6) is 0 Å². The summed E-state index contributed by atoms with van der Waals surface area (Å²) < 4.78 is 60.4. The molecule has 1 amide bonds. The second-order valence-corrected chi connectivity index (χ2v) is 6.78. The number of benzene rings is 1. The molecule has 4 rings (SSSR count). The Bertz CT molecular complexity index is 859. The number of hydrogen-bond acceptors (Lipinski definition) is 4. The highest BCUT2D eigenvalue weighted by Gasteiger charge is 2.47. The monoisotopic (exact) mass is 384 g/mol. The van der Waals surface area contributed by atoms with Gasteiger partial charge in [0, 0.05) is 6.54 Å². The number of alkyl halides is 3. The van der Waals surface area contributed by atoms with Crippen LogP contribution in [0, 0.1) is 5.82 Å². The number of rotatable bonds is 2. The van der Waals surface area contributed by atoms with Crippen molar-refractivity contribution in [2.24, 2.45) is 0 Å². The number of aromatic nitrogens is 3. The topological polar surface area (TPSA) is 60.2 Å². The maximum atomic E-state index is 13.7. The summed E-state index contributed by atoms with van der Waals surface area (Å²) in [6, 6.07) is 4.32. The van der Waals surface area contributed by atoms with E-state index in [-0.39, 0.29) is 25.4 Å². The van der Waals surface area contributed by atoms with Crippen LogP contribution in [0.2, 0.25) is 0 Å². The van der Waals surface area contributed by atoms with E-state index in [0.717, 1.165) is 43.5 Å². The van der Waals surface area contributed by atoms with Crippen molar-refractivity contribution in [1.29, 1.82) is 0 Å². The highest BCUT2D eigenvalue weighted by molar-refractivity contribution is 5.93. The number of nitrogens with zero attached hydrogens (tertiary/aromatic N) is 4. The van der Waals surface area contributed by atoms with Crippen LogP contribution < -0.4 is 0 Å². The van der Waals surface area contributed by atoms with E-state index in [9.17, 15) is 22.4 Å². The summed E-state index contributed by atoms with van der Waals surface area (Å²) in [5, 5.41) is 7.03. The normalized spacial score (nSPS) is 19.2. The number of hydrogen-bond donors (Lipinski definition) is 0. The summed E-state index contributed by atoms with van der Waals surface area (Å²) in [4.78, 5) is 14.1. The summed E-state index contributed by atoms with van der Waals surface area (Å²) in [6.07, 6.45) is -2.32. The number of amides is 1. The van der Waals surface area contributed by atoms with Gasteiger partial charge in [-0.25, -0.2) is 9.07 Å². The average molecular weight is 384 g/mol. The van der Waals surface area contributed by atoms with Gasteiger partial charge in [0.05, 0.1) is 24.4 Å². The fourth-order valence-electron chi connectivity index (χ4n) is 3.48. The molecule has 10 heteroatoms. The van der Waals surface area contributed by atoms with Gasteiger partial charge >= 0.3 is 6.18 Å². The molecule has 1 aliphatic carbocycles. The third-order valence-corrected chi connectivity index (χ3v) is 5.01. The molecule has 1 aliphatic heterocycles. The third-order valence-electron chi connectivity index (χ3n) is 5.01. The molecule has 2 fully saturated rings. The predicted molar refractivity (Wildman–Crippen MR) is 84.8 cm³/mol. The summed E-state index contributed by atoms with van der Waals surface area (Å²) in [5.74, 6) is -1.42. The molecule has 2 aromatic rings. The van der Waals surface area contributed by atoms with Crippen molar-refractivity contribution >= 4 is 5.91 Å². The van der Waals surface area contributed by atoms with E-state index in [2.05, 4.69) is 10.3 Å². The lowest BCUT2D eigenvalue weighted by Gasteiger charge is -2.48. The molecule has 0 unspecified atom stereocenters. The van der Waals surface area contributed by atoms with Crippen molar-refractivity contribution in [1.82, 2.24) is 19.9 Å². The van der Waals surface area contributed by atoms with Crippen LogP contribution in [-0.4, -0.2) is 51.1 Å². The molecule has 1 spiro atoms. The molecule has 1 aromatic heterocycles. The molecule has 0 atom stereocenters. The lowest BCUT2D eigenvalue weighted by Crippen LogP contribution is -2.57. The zero-order valence-electron chi connectivity index (χ0n) is 14.2. The largest absolute Gasteiger partial charge is 0.435 e. The molecule has 2 aliphatic rings. The third kappa shape index (κ3) is 3.18. The lowest BCUT2D eigenvalue weighted by molar-refractivity contribution is -0.145. The first-order valence-electron chi connectivity index (χ1n) is 8.51. The molecule has 27 heavy (non-hydrogen) atoms. The fraction of sp³-hybridized carbons (Fsp3) is 0.471. The Hall–Kier alpha value is -2.49. The van der Waals surface area contributed by atoms with Crippen LogP contribution in [0.1, 0.15) is 35.4 Å². The second kappa shape index (κ2) is 6.29. The zero-order chi connectivity index (χ0) is 19.2. The smallest absolute Gasteiger partial charge is 0.371 e. The molecule has 2 heterocycles. The minimum absolute atomic E-state index is 0.0345. The first-order valence-corrected chi connectivity index (χ1v) is 8.51. The van der Waals surface area contributed by atoms with E-state index in [0.29, 0.717) is 4.68 Å². The molecule has 0 N–H and O–H groups in total. The van der Waals surface area contributed by atoms with E-state index in [1.807, 2.05) is 0 Å². The molecule has 0 radical (unpaired) electrons. The Morgan fingerprint density at radius 1 is 1.19 bits per heavy atom. The lowest BCUT2D eigenvalue weighted by atomic mass is 9.79. The van der Waals surface area contributed by atoms with Crippen molar-refractivity contribution in [2.45, 2.75) is 31.0 Å². The van der Waals surface area contributed by atoms with Crippen molar-refractivity contribution in [3.8, 4) is 5.69 Å². The molecule has 1 aromatic carbocycles. The molecule has 6 nitrogen and oxygen atoms in total. The Labute approximate surface area is 151 Å². The van der Waals surface area contributed by atoms with E-state index < -0.39 is 34.9 Å². The maximum absolute atomic E-state index is 13.7. The van der Waals surface area contributed by atoms with Crippen molar-refractivity contribution in [3.05, 3.63) is 41.5 Å². The van der Waals surface area contributed by atoms with Crippen LogP contribution >= 0.6 is 0 Å². The molecule has 0 bridgehead atoms. The van der Waals surface area contributed by atoms with E-state index in [4.69, 9.17) is 4.74 Å². The summed E-state index contributed by atoms with van der Waals surface area (Å²) in [6.45, 7) is 0.715. The number of ether oxygens (including phenoxy) is 1. The predicted octanol–water partition coefficient (Wildman–Crippen LogP) is 2.82. The van der Waals surface area contributed by atoms with Crippen LogP contribution in [0.15, 0.2) is 24.3 Å². The Kier molecular flexibility index (Phi) is 4.17. The Morgan fingerprint density at radius 3 is 2.48 bits per heavy atom. The highest BCUT2D eigenvalue weighted by Crippen LogP contribution is 2.39. The summed E-state index contributed by atoms with van der Waals surface area (Å²) >= 11 is 0. The molecular formula is C17H16F4N4O2. The zero-order valence-corrected chi connectivity index (χ0v) is 14.2. The van der Waals surface area contributed by atoms with Gasteiger partial charge in [-0.1, -0.05) is 5.21 Å². The fourth-order valence-corrected chi connectivity index (χ4v) is 3.48. The average Bonchev–Trinajstić information content (AvgIpc) is 3.06. The van der Waals surface area contributed by atoms with Gasteiger partial charge in [-0.15, -0.1) is 5.10 Å². The van der Waals surface area contributed by atoms with Crippen LogP contribution in [0.25, 0.3) is 5.69 Å². The van der Waals surface area contributed by atoms with E-state index >= 15 is 0 Å². The first kappa shape index (κ1) is 17.9. The molecular weight excluding hydrogens is 368 g/mol. The van der Waals surface area contributed by atoms with Crippen LogP contribution in [-0.2, 0) is 10.9 Å². The van der Waals surface area contributed by atoms with Crippen molar-refractivity contribution in [2.75, 3.05) is 19.7 Å². The number of carbonyl (C=O) groups excluding carboxylic acids is 1. The summed E-state index contributed by atoms with van der Waals surface area (Å²) in [5.41, 5.74) is -2.51. The van der Waals surface area contributed by atoms with Gasteiger partial charge in [-0.05, 0) is 43.5 Å². The molecule has 1 saturated heterocycles. The minimum Gasteiger partial charge on any atom is -0.371 e. The Morgan fingerprint density at radius 2 is 1.89 bits per heavy atom.